The van der Waals surface area contributed by atoms with E-state index in [0.717, 1.165) is 6.54 Å². The molecule has 1 aromatic rings. The highest BCUT2D eigenvalue weighted by atomic mass is 15.1. The fourth-order valence-corrected chi connectivity index (χ4v) is 2.39. The molecule has 1 nitrogen and oxygen atoms in total. The third-order valence-electron chi connectivity index (χ3n) is 2.96. The van der Waals surface area contributed by atoms with Crippen LogP contribution in [0.5, 0.6) is 0 Å². The maximum atomic E-state index is 2.49. The third kappa shape index (κ3) is 0.998. The molecule has 1 heteroatoms. The average molecular weight is 171 g/mol. The van der Waals surface area contributed by atoms with E-state index >= 15 is 0 Å². The minimum atomic E-state index is 1.10. The van der Waals surface area contributed by atoms with Crippen LogP contribution in [0.25, 0.3) is 6.08 Å². The van der Waals surface area contributed by atoms with Gasteiger partial charge in [0.05, 0.1) is 0 Å². The van der Waals surface area contributed by atoms with Crippen molar-refractivity contribution in [3.8, 4) is 0 Å². The molecule has 0 bridgehead atoms. The molecule has 0 atom stereocenters. The first-order chi connectivity index (χ1) is 6.45. The molecule has 66 valence electrons. The lowest BCUT2D eigenvalue weighted by molar-refractivity contribution is 0.719. The number of aryl methyl sites for hydroxylation is 1. The Morgan fingerprint density at radius 2 is 2.23 bits per heavy atom. The SMILES string of the molecule is C1=Cc2cccc3c2N(C1)CCC3. The number of hydrogen-bond acceptors (Lipinski definition) is 1. The molecule has 0 radical (unpaired) electrons. The van der Waals surface area contributed by atoms with Crippen LogP contribution in [0.2, 0.25) is 0 Å². The number of anilines is 1. The van der Waals surface area contributed by atoms with E-state index in [1.54, 1.807) is 0 Å². The van der Waals surface area contributed by atoms with Gasteiger partial charge in [-0.05, 0) is 24.0 Å². The Morgan fingerprint density at radius 1 is 1.23 bits per heavy atom. The maximum Gasteiger partial charge on any atom is 0.0475 e. The van der Waals surface area contributed by atoms with Crippen LogP contribution >= 0.6 is 0 Å². The van der Waals surface area contributed by atoms with Gasteiger partial charge in [0.2, 0.25) is 0 Å². The molecule has 0 aliphatic carbocycles. The zero-order valence-corrected chi connectivity index (χ0v) is 7.66. The van der Waals surface area contributed by atoms with Crippen molar-refractivity contribution in [2.75, 3.05) is 18.0 Å². The van der Waals surface area contributed by atoms with Crippen LogP contribution in [0.4, 0.5) is 5.69 Å². The van der Waals surface area contributed by atoms with Crippen molar-refractivity contribution >= 4 is 11.8 Å². The summed E-state index contributed by atoms with van der Waals surface area (Å²) in [7, 11) is 0. The Bertz CT molecular complexity index is 365. The van der Waals surface area contributed by atoms with E-state index in [2.05, 4.69) is 35.3 Å². The van der Waals surface area contributed by atoms with E-state index in [4.69, 9.17) is 0 Å². The second-order valence-corrected chi connectivity index (χ2v) is 3.81. The van der Waals surface area contributed by atoms with Gasteiger partial charge in [0.1, 0.15) is 0 Å². The first-order valence-corrected chi connectivity index (χ1v) is 4.98. The monoisotopic (exact) mass is 171 g/mol. The number of rotatable bonds is 0. The Balaban J connectivity index is 2.24. The zero-order chi connectivity index (χ0) is 8.67. The Kier molecular flexibility index (Phi) is 1.45. The highest BCUT2D eigenvalue weighted by Crippen LogP contribution is 2.33. The molecule has 0 amide bonds. The molecule has 0 unspecified atom stereocenters. The molecule has 2 heterocycles. The van der Waals surface area contributed by atoms with E-state index < -0.39 is 0 Å². The minimum absolute atomic E-state index is 1.10. The molecular weight excluding hydrogens is 158 g/mol. The zero-order valence-electron chi connectivity index (χ0n) is 7.66. The summed E-state index contributed by atoms with van der Waals surface area (Å²) in [6, 6.07) is 6.66. The van der Waals surface area contributed by atoms with Crippen molar-refractivity contribution in [3.05, 3.63) is 35.4 Å². The lowest BCUT2D eigenvalue weighted by Gasteiger charge is -2.34. The van der Waals surface area contributed by atoms with Crippen molar-refractivity contribution in [1.82, 2.24) is 0 Å². The van der Waals surface area contributed by atoms with E-state index in [9.17, 15) is 0 Å². The third-order valence-corrected chi connectivity index (χ3v) is 2.96. The van der Waals surface area contributed by atoms with Crippen molar-refractivity contribution in [2.45, 2.75) is 12.8 Å². The van der Waals surface area contributed by atoms with Crippen LogP contribution < -0.4 is 4.90 Å². The quantitative estimate of drug-likeness (QED) is 0.579. The number of nitrogens with zero attached hydrogens (tertiary/aromatic N) is 1. The molecule has 3 rings (SSSR count). The molecule has 0 spiro atoms. The second kappa shape index (κ2) is 2.63. The lowest BCUT2D eigenvalue weighted by Crippen LogP contribution is -2.31. The summed E-state index contributed by atoms with van der Waals surface area (Å²) in [6.07, 6.45) is 7.08. The number of hydrogen-bond donors (Lipinski definition) is 0. The van der Waals surface area contributed by atoms with Gasteiger partial charge in [0.25, 0.3) is 0 Å². The maximum absolute atomic E-state index is 2.49. The summed E-state index contributed by atoms with van der Waals surface area (Å²) in [6.45, 7) is 2.33. The summed E-state index contributed by atoms with van der Waals surface area (Å²) in [5.74, 6) is 0. The van der Waals surface area contributed by atoms with Gasteiger partial charge in [-0.1, -0.05) is 30.4 Å². The summed E-state index contributed by atoms with van der Waals surface area (Å²) in [4.78, 5) is 2.49. The lowest BCUT2D eigenvalue weighted by atomic mass is 9.95. The van der Waals surface area contributed by atoms with Crippen LogP contribution in [0, 0.1) is 0 Å². The smallest absolute Gasteiger partial charge is 0.0475 e. The van der Waals surface area contributed by atoms with Crippen molar-refractivity contribution in [3.63, 3.8) is 0 Å². The summed E-state index contributed by atoms with van der Waals surface area (Å²) in [5, 5.41) is 0. The molecule has 2 aliphatic rings. The predicted octanol–water partition coefficient (Wildman–Crippen LogP) is 2.47. The Morgan fingerprint density at radius 3 is 3.23 bits per heavy atom. The van der Waals surface area contributed by atoms with Crippen LogP contribution in [-0.2, 0) is 6.42 Å². The molecule has 0 aromatic heterocycles. The fraction of sp³-hybridized carbons (Fsp3) is 0.333. The normalized spacial score (nSPS) is 18.6. The van der Waals surface area contributed by atoms with Crippen LogP contribution in [0.3, 0.4) is 0 Å². The Hall–Kier alpha value is -1.24. The van der Waals surface area contributed by atoms with Gasteiger partial charge in [0.15, 0.2) is 0 Å². The van der Waals surface area contributed by atoms with Gasteiger partial charge in [0, 0.05) is 18.8 Å². The molecule has 0 saturated carbocycles. The fourth-order valence-electron chi connectivity index (χ4n) is 2.39. The van der Waals surface area contributed by atoms with Crippen LogP contribution in [0.15, 0.2) is 24.3 Å². The highest BCUT2D eigenvalue weighted by molar-refractivity contribution is 5.75. The van der Waals surface area contributed by atoms with Crippen molar-refractivity contribution in [1.29, 1.82) is 0 Å². The van der Waals surface area contributed by atoms with Gasteiger partial charge >= 0.3 is 0 Å². The van der Waals surface area contributed by atoms with Crippen molar-refractivity contribution < 1.29 is 0 Å². The standard InChI is InChI=1S/C12H13N/c1-4-10-6-2-8-13-9-3-7-11(5-1)12(10)13/h1-2,4-6H,3,7-9H2. The largest absolute Gasteiger partial charge is 0.367 e. The van der Waals surface area contributed by atoms with Gasteiger partial charge in [-0.3, -0.25) is 0 Å². The molecule has 0 fully saturated rings. The van der Waals surface area contributed by atoms with Crippen molar-refractivity contribution in [2.24, 2.45) is 0 Å². The van der Waals surface area contributed by atoms with E-state index in [1.807, 2.05) is 0 Å². The van der Waals surface area contributed by atoms with Gasteiger partial charge in [-0.2, -0.15) is 0 Å². The Labute approximate surface area is 78.7 Å². The molecule has 2 aliphatic heterocycles. The summed E-state index contributed by atoms with van der Waals surface area (Å²) >= 11 is 0. The molecule has 0 saturated heterocycles. The van der Waals surface area contributed by atoms with E-state index in [-0.39, 0.29) is 0 Å². The molecular formula is C12H13N. The molecule has 13 heavy (non-hydrogen) atoms. The molecule has 1 aromatic carbocycles. The average Bonchev–Trinajstić information content (AvgIpc) is 2.19. The van der Waals surface area contributed by atoms with E-state index in [1.165, 1.54) is 36.2 Å². The van der Waals surface area contributed by atoms with E-state index in [0.29, 0.717) is 0 Å². The highest BCUT2D eigenvalue weighted by Gasteiger charge is 2.19. The first kappa shape index (κ1) is 7.19. The minimum Gasteiger partial charge on any atom is -0.367 e. The second-order valence-electron chi connectivity index (χ2n) is 3.81. The number of para-hydroxylation sites is 1. The van der Waals surface area contributed by atoms with Crippen LogP contribution in [-0.4, -0.2) is 13.1 Å². The van der Waals surface area contributed by atoms with Gasteiger partial charge < -0.3 is 4.90 Å². The van der Waals surface area contributed by atoms with Gasteiger partial charge in [-0.25, -0.2) is 0 Å². The number of benzene rings is 1. The first-order valence-electron chi connectivity index (χ1n) is 4.98. The van der Waals surface area contributed by atoms with Gasteiger partial charge in [-0.15, -0.1) is 0 Å². The summed E-state index contributed by atoms with van der Waals surface area (Å²) in [5.41, 5.74) is 4.44. The topological polar surface area (TPSA) is 3.24 Å². The van der Waals surface area contributed by atoms with Crippen LogP contribution in [0.1, 0.15) is 17.5 Å². The summed E-state index contributed by atoms with van der Waals surface area (Å²) < 4.78 is 0. The molecule has 0 N–H and O–H groups in total. The predicted molar refractivity (Wildman–Crippen MR) is 56.0 cm³/mol.